The van der Waals surface area contributed by atoms with Gasteiger partial charge in [-0.05, 0) is 44.0 Å². The molecule has 0 bridgehead atoms. The lowest BCUT2D eigenvalue weighted by atomic mass is 9.99. The normalized spacial score (nSPS) is 25.6. The van der Waals surface area contributed by atoms with Gasteiger partial charge in [0.1, 0.15) is 5.54 Å². The zero-order valence-electron chi connectivity index (χ0n) is 12.3. The molecule has 1 fully saturated rings. The molecule has 0 saturated carbocycles. The Hall–Kier alpha value is -1.75. The molecule has 1 saturated heterocycles. The van der Waals surface area contributed by atoms with Crippen LogP contribution < -0.4 is 9.47 Å². The highest BCUT2D eigenvalue weighted by Gasteiger charge is 2.43. The van der Waals surface area contributed by atoms with E-state index in [-0.39, 0.29) is 0 Å². The monoisotopic (exact) mass is 291 g/mol. The summed E-state index contributed by atoms with van der Waals surface area (Å²) >= 11 is 0. The van der Waals surface area contributed by atoms with Gasteiger partial charge in [0.25, 0.3) is 0 Å². The molecule has 5 heteroatoms. The van der Waals surface area contributed by atoms with Gasteiger partial charge in [-0.2, -0.15) is 0 Å². The molecule has 1 unspecified atom stereocenters. The molecule has 0 aliphatic carbocycles. The Bertz CT molecular complexity index is 545. The van der Waals surface area contributed by atoms with Crippen molar-refractivity contribution >= 4 is 5.97 Å². The first-order valence-corrected chi connectivity index (χ1v) is 7.46. The van der Waals surface area contributed by atoms with Crippen LogP contribution in [0.1, 0.15) is 31.7 Å². The summed E-state index contributed by atoms with van der Waals surface area (Å²) < 4.78 is 11.3. The van der Waals surface area contributed by atoms with Crippen LogP contribution >= 0.6 is 0 Å². The van der Waals surface area contributed by atoms with Gasteiger partial charge in [-0.25, -0.2) is 0 Å². The van der Waals surface area contributed by atoms with E-state index in [9.17, 15) is 9.90 Å². The van der Waals surface area contributed by atoms with Crippen LogP contribution in [0.4, 0.5) is 0 Å². The number of ether oxygens (including phenoxy) is 2. The van der Waals surface area contributed by atoms with Crippen molar-refractivity contribution in [3.8, 4) is 11.5 Å². The van der Waals surface area contributed by atoms with Crippen molar-refractivity contribution < 1.29 is 19.4 Å². The van der Waals surface area contributed by atoms with Crippen molar-refractivity contribution in [3.05, 3.63) is 23.8 Å². The predicted octanol–water partition coefficient (Wildman–Crippen LogP) is 2.29. The van der Waals surface area contributed by atoms with Crippen LogP contribution in [-0.4, -0.2) is 41.3 Å². The van der Waals surface area contributed by atoms with Gasteiger partial charge in [0.15, 0.2) is 11.5 Å². The highest BCUT2D eigenvalue weighted by atomic mass is 16.5. The maximum atomic E-state index is 11.5. The van der Waals surface area contributed by atoms with Gasteiger partial charge in [0.05, 0.1) is 13.2 Å². The zero-order chi connectivity index (χ0) is 14.9. The second-order valence-electron chi connectivity index (χ2n) is 5.94. The van der Waals surface area contributed by atoms with Crippen LogP contribution in [0.3, 0.4) is 0 Å². The number of hydrogen-bond acceptors (Lipinski definition) is 4. The van der Waals surface area contributed by atoms with E-state index < -0.39 is 11.5 Å². The third-order valence-corrected chi connectivity index (χ3v) is 4.44. The molecule has 0 spiro atoms. The molecule has 2 heterocycles. The molecule has 1 aromatic rings. The molecule has 0 radical (unpaired) electrons. The number of carbonyl (C=O) groups is 1. The van der Waals surface area contributed by atoms with Crippen molar-refractivity contribution in [3.63, 3.8) is 0 Å². The first kappa shape index (κ1) is 14.2. The molecule has 0 aromatic heterocycles. The van der Waals surface area contributed by atoms with Gasteiger partial charge in [-0.1, -0.05) is 6.07 Å². The molecule has 3 rings (SSSR count). The van der Waals surface area contributed by atoms with E-state index in [4.69, 9.17) is 9.47 Å². The van der Waals surface area contributed by atoms with Crippen molar-refractivity contribution in [1.29, 1.82) is 0 Å². The number of aliphatic carboxylic acids is 1. The Morgan fingerprint density at radius 1 is 1.29 bits per heavy atom. The number of rotatable bonds is 3. The number of nitrogens with zero attached hydrogens (tertiary/aromatic N) is 1. The van der Waals surface area contributed by atoms with Crippen LogP contribution in [0.15, 0.2) is 18.2 Å². The minimum absolute atomic E-state index is 0.624. The molecule has 114 valence electrons. The molecule has 0 amide bonds. The molecule has 5 nitrogen and oxygen atoms in total. The summed E-state index contributed by atoms with van der Waals surface area (Å²) in [6, 6.07) is 5.89. The minimum Gasteiger partial charge on any atom is -0.490 e. The summed E-state index contributed by atoms with van der Waals surface area (Å²) in [5, 5.41) is 9.46. The molecule has 2 aliphatic rings. The van der Waals surface area contributed by atoms with Crippen LogP contribution in [0.2, 0.25) is 0 Å². The second-order valence-corrected chi connectivity index (χ2v) is 5.94. The van der Waals surface area contributed by atoms with E-state index in [1.54, 1.807) is 0 Å². The quantitative estimate of drug-likeness (QED) is 0.926. The van der Waals surface area contributed by atoms with Gasteiger partial charge >= 0.3 is 5.97 Å². The number of carboxylic acid groups (broad SMARTS) is 1. The van der Waals surface area contributed by atoms with E-state index in [0.29, 0.717) is 26.2 Å². The lowest BCUT2D eigenvalue weighted by Crippen LogP contribution is -2.47. The SMILES string of the molecule is CC1(C(=O)O)CCCN1Cc1ccc2c(c1)OCCCO2. The average Bonchev–Trinajstić information content (AvgIpc) is 2.70. The predicted molar refractivity (Wildman–Crippen MR) is 77.7 cm³/mol. The van der Waals surface area contributed by atoms with E-state index >= 15 is 0 Å². The zero-order valence-corrected chi connectivity index (χ0v) is 12.3. The number of likely N-dealkylation sites (tertiary alicyclic amines) is 1. The van der Waals surface area contributed by atoms with Crippen LogP contribution in [-0.2, 0) is 11.3 Å². The first-order chi connectivity index (χ1) is 10.1. The van der Waals surface area contributed by atoms with E-state index in [1.165, 1.54) is 0 Å². The third-order valence-electron chi connectivity index (χ3n) is 4.44. The van der Waals surface area contributed by atoms with Crippen LogP contribution in [0.5, 0.6) is 11.5 Å². The van der Waals surface area contributed by atoms with Crippen molar-refractivity contribution in [2.45, 2.75) is 38.3 Å². The van der Waals surface area contributed by atoms with Gasteiger partial charge in [0, 0.05) is 13.0 Å². The summed E-state index contributed by atoms with van der Waals surface area (Å²) in [7, 11) is 0. The average molecular weight is 291 g/mol. The van der Waals surface area contributed by atoms with Gasteiger partial charge < -0.3 is 14.6 Å². The van der Waals surface area contributed by atoms with E-state index in [0.717, 1.165) is 36.4 Å². The van der Waals surface area contributed by atoms with Crippen LogP contribution in [0.25, 0.3) is 0 Å². The Labute approximate surface area is 124 Å². The first-order valence-electron chi connectivity index (χ1n) is 7.46. The Morgan fingerprint density at radius 2 is 2.05 bits per heavy atom. The topological polar surface area (TPSA) is 59.0 Å². The molecular weight excluding hydrogens is 270 g/mol. The Kier molecular flexibility index (Phi) is 3.76. The number of benzene rings is 1. The largest absolute Gasteiger partial charge is 0.490 e. The fourth-order valence-corrected chi connectivity index (χ4v) is 3.04. The second kappa shape index (κ2) is 5.56. The molecular formula is C16H21NO4. The third kappa shape index (κ3) is 2.70. The molecule has 21 heavy (non-hydrogen) atoms. The summed E-state index contributed by atoms with van der Waals surface area (Å²) in [5.74, 6) is 0.800. The fourth-order valence-electron chi connectivity index (χ4n) is 3.04. The molecule has 1 aromatic carbocycles. The number of hydrogen-bond donors (Lipinski definition) is 1. The summed E-state index contributed by atoms with van der Waals surface area (Å²) in [6.07, 6.45) is 2.51. The van der Waals surface area contributed by atoms with Gasteiger partial charge in [-0.15, -0.1) is 0 Å². The van der Waals surface area contributed by atoms with E-state index in [2.05, 4.69) is 0 Å². The standard InChI is InChI=1S/C16H21NO4/c1-16(15(18)19)6-2-7-17(16)11-12-4-5-13-14(10-12)21-9-3-8-20-13/h4-5,10H,2-3,6-9,11H2,1H3,(H,18,19). The summed E-state index contributed by atoms with van der Waals surface area (Å²) in [6.45, 7) is 4.59. The fraction of sp³-hybridized carbons (Fsp3) is 0.562. The lowest BCUT2D eigenvalue weighted by Gasteiger charge is -2.31. The number of carboxylic acids is 1. The van der Waals surface area contributed by atoms with Gasteiger partial charge in [-0.3, -0.25) is 9.69 Å². The smallest absolute Gasteiger partial charge is 0.323 e. The van der Waals surface area contributed by atoms with Crippen LogP contribution in [0, 0.1) is 0 Å². The summed E-state index contributed by atoms with van der Waals surface area (Å²) in [4.78, 5) is 13.6. The Morgan fingerprint density at radius 3 is 2.81 bits per heavy atom. The summed E-state index contributed by atoms with van der Waals surface area (Å²) in [5.41, 5.74) is 0.304. The molecule has 1 N–H and O–H groups in total. The molecule has 1 atom stereocenters. The van der Waals surface area contributed by atoms with Gasteiger partial charge in [0.2, 0.25) is 0 Å². The molecule has 2 aliphatic heterocycles. The van der Waals surface area contributed by atoms with Crippen molar-refractivity contribution in [1.82, 2.24) is 4.90 Å². The maximum Gasteiger partial charge on any atom is 0.323 e. The maximum absolute atomic E-state index is 11.5. The van der Waals surface area contributed by atoms with E-state index in [1.807, 2.05) is 30.0 Å². The highest BCUT2D eigenvalue weighted by molar-refractivity contribution is 5.78. The van der Waals surface area contributed by atoms with Crippen molar-refractivity contribution in [2.75, 3.05) is 19.8 Å². The Balaban J connectivity index is 1.79. The van der Waals surface area contributed by atoms with Crippen molar-refractivity contribution in [2.24, 2.45) is 0 Å². The minimum atomic E-state index is -0.760. The number of fused-ring (bicyclic) bond motifs is 1. The highest BCUT2D eigenvalue weighted by Crippen LogP contribution is 2.34. The lowest BCUT2D eigenvalue weighted by molar-refractivity contribution is -0.148.